The van der Waals surface area contributed by atoms with Gasteiger partial charge in [-0.1, -0.05) is 6.07 Å². The van der Waals surface area contributed by atoms with Crippen LogP contribution in [0, 0.1) is 0 Å². The molecular formula is C17H23F2N3O4. The van der Waals surface area contributed by atoms with Gasteiger partial charge in [0.2, 0.25) is 11.8 Å². The van der Waals surface area contributed by atoms with Crippen LogP contribution < -0.4 is 14.8 Å². The summed E-state index contributed by atoms with van der Waals surface area (Å²) in [7, 11) is 1.36. The number of hydrogen-bond donors (Lipinski definition) is 1. The summed E-state index contributed by atoms with van der Waals surface area (Å²) in [6.07, 6.45) is 0. The van der Waals surface area contributed by atoms with E-state index in [0.29, 0.717) is 31.7 Å². The minimum absolute atomic E-state index is 0.0438. The average molecular weight is 371 g/mol. The quantitative estimate of drug-likeness (QED) is 0.777. The van der Waals surface area contributed by atoms with Gasteiger partial charge in [-0.2, -0.15) is 8.78 Å². The fraction of sp³-hybridized carbons (Fsp3) is 0.529. The second-order valence-corrected chi connectivity index (χ2v) is 5.92. The molecule has 2 amide bonds. The first kappa shape index (κ1) is 19.9. The zero-order valence-electron chi connectivity index (χ0n) is 14.8. The monoisotopic (exact) mass is 371 g/mol. The summed E-state index contributed by atoms with van der Waals surface area (Å²) in [4.78, 5) is 27.1. The van der Waals surface area contributed by atoms with Crippen molar-refractivity contribution < 1.29 is 27.8 Å². The van der Waals surface area contributed by atoms with E-state index in [0.717, 1.165) is 0 Å². The van der Waals surface area contributed by atoms with Gasteiger partial charge in [0, 0.05) is 39.6 Å². The fourth-order valence-electron chi connectivity index (χ4n) is 2.70. The van der Waals surface area contributed by atoms with Gasteiger partial charge in [-0.15, -0.1) is 0 Å². The maximum absolute atomic E-state index is 12.3. The van der Waals surface area contributed by atoms with Crippen LogP contribution in [-0.2, 0) is 16.1 Å². The molecule has 1 aliphatic heterocycles. The Morgan fingerprint density at radius 2 is 1.88 bits per heavy atom. The highest BCUT2D eigenvalue weighted by Crippen LogP contribution is 2.29. The second kappa shape index (κ2) is 9.33. The van der Waals surface area contributed by atoms with Gasteiger partial charge < -0.3 is 19.7 Å². The zero-order valence-corrected chi connectivity index (χ0v) is 14.8. The molecule has 144 valence electrons. The SMILES string of the molecule is COc1cc(CNC(=O)CN2CCN(C(C)=O)CC2)ccc1OC(F)F. The number of nitrogens with one attached hydrogen (secondary N) is 1. The lowest BCUT2D eigenvalue weighted by Crippen LogP contribution is -2.50. The van der Waals surface area contributed by atoms with E-state index in [-0.39, 0.29) is 36.4 Å². The molecule has 2 rings (SSSR count). The first-order chi connectivity index (χ1) is 12.4. The maximum atomic E-state index is 12.3. The third-order valence-corrected chi connectivity index (χ3v) is 4.12. The topological polar surface area (TPSA) is 71.1 Å². The van der Waals surface area contributed by atoms with Gasteiger partial charge >= 0.3 is 6.61 Å². The largest absolute Gasteiger partial charge is 0.493 e. The molecule has 1 fully saturated rings. The number of piperazine rings is 1. The molecule has 1 aromatic carbocycles. The van der Waals surface area contributed by atoms with E-state index in [4.69, 9.17) is 4.74 Å². The van der Waals surface area contributed by atoms with Gasteiger partial charge in [0.15, 0.2) is 11.5 Å². The fourth-order valence-corrected chi connectivity index (χ4v) is 2.70. The van der Waals surface area contributed by atoms with E-state index in [1.807, 2.05) is 4.90 Å². The molecule has 0 aliphatic carbocycles. The number of halogens is 2. The Morgan fingerprint density at radius 1 is 1.19 bits per heavy atom. The molecule has 1 aliphatic rings. The van der Waals surface area contributed by atoms with Crippen molar-refractivity contribution in [3.8, 4) is 11.5 Å². The number of hydrogen-bond acceptors (Lipinski definition) is 5. The predicted octanol–water partition coefficient (Wildman–Crippen LogP) is 1.08. The van der Waals surface area contributed by atoms with Gasteiger partial charge in [0.05, 0.1) is 13.7 Å². The number of carbonyl (C=O) groups excluding carboxylic acids is 2. The van der Waals surface area contributed by atoms with Crippen molar-refractivity contribution in [1.29, 1.82) is 0 Å². The molecule has 1 N–H and O–H groups in total. The van der Waals surface area contributed by atoms with Crippen LogP contribution in [0.2, 0.25) is 0 Å². The molecule has 0 saturated carbocycles. The van der Waals surface area contributed by atoms with Crippen LogP contribution in [-0.4, -0.2) is 68.1 Å². The molecule has 0 bridgehead atoms. The lowest BCUT2D eigenvalue weighted by molar-refractivity contribution is -0.131. The summed E-state index contributed by atoms with van der Waals surface area (Å²) in [6, 6.07) is 4.52. The number of rotatable bonds is 7. The molecule has 26 heavy (non-hydrogen) atoms. The van der Waals surface area contributed by atoms with Gasteiger partial charge in [0.25, 0.3) is 0 Å². The summed E-state index contributed by atoms with van der Waals surface area (Å²) in [5.74, 6) is 0.0220. The van der Waals surface area contributed by atoms with Crippen molar-refractivity contribution in [3.05, 3.63) is 23.8 Å². The standard InChI is InChI=1S/C17H23F2N3O4/c1-12(23)22-7-5-21(6-8-22)11-16(24)20-10-13-3-4-14(26-17(18)19)15(9-13)25-2/h3-4,9,17H,5-8,10-11H2,1-2H3,(H,20,24). The summed E-state index contributed by atoms with van der Waals surface area (Å²) in [5.41, 5.74) is 0.707. The van der Waals surface area contributed by atoms with Crippen LogP contribution in [0.15, 0.2) is 18.2 Å². The number of alkyl halides is 2. The van der Waals surface area contributed by atoms with E-state index in [2.05, 4.69) is 10.1 Å². The first-order valence-electron chi connectivity index (χ1n) is 8.25. The van der Waals surface area contributed by atoms with E-state index < -0.39 is 6.61 Å². The molecule has 1 saturated heterocycles. The van der Waals surface area contributed by atoms with E-state index in [9.17, 15) is 18.4 Å². The Bertz CT molecular complexity index is 634. The number of carbonyl (C=O) groups is 2. The van der Waals surface area contributed by atoms with E-state index >= 15 is 0 Å². The Balaban J connectivity index is 1.81. The highest BCUT2D eigenvalue weighted by molar-refractivity contribution is 5.78. The van der Waals surface area contributed by atoms with E-state index in [1.54, 1.807) is 17.0 Å². The minimum atomic E-state index is -2.93. The summed E-state index contributed by atoms with van der Waals surface area (Å²) < 4.78 is 34.0. The van der Waals surface area contributed by atoms with Crippen LogP contribution >= 0.6 is 0 Å². The van der Waals surface area contributed by atoms with Crippen LogP contribution in [0.1, 0.15) is 12.5 Å². The highest BCUT2D eigenvalue weighted by atomic mass is 19.3. The van der Waals surface area contributed by atoms with Crippen molar-refractivity contribution in [2.75, 3.05) is 39.8 Å². The van der Waals surface area contributed by atoms with Gasteiger partial charge in [0.1, 0.15) is 0 Å². The third kappa shape index (κ3) is 5.83. The lowest BCUT2D eigenvalue weighted by Gasteiger charge is -2.33. The average Bonchev–Trinajstić information content (AvgIpc) is 2.60. The molecule has 9 heteroatoms. The Labute approximate surface area is 150 Å². The normalized spacial score (nSPS) is 15.0. The number of nitrogens with zero attached hydrogens (tertiary/aromatic N) is 2. The molecule has 1 aromatic rings. The Hall–Kier alpha value is -2.42. The van der Waals surface area contributed by atoms with Crippen LogP contribution in [0.5, 0.6) is 11.5 Å². The van der Waals surface area contributed by atoms with Crippen LogP contribution in [0.25, 0.3) is 0 Å². The van der Waals surface area contributed by atoms with Crippen molar-refractivity contribution >= 4 is 11.8 Å². The molecule has 0 radical (unpaired) electrons. The summed E-state index contributed by atoms with van der Waals surface area (Å²) in [5, 5.41) is 2.79. The molecule has 7 nitrogen and oxygen atoms in total. The molecule has 0 spiro atoms. The number of amides is 2. The second-order valence-electron chi connectivity index (χ2n) is 5.92. The maximum Gasteiger partial charge on any atom is 0.387 e. The van der Waals surface area contributed by atoms with Gasteiger partial charge in [-0.3, -0.25) is 14.5 Å². The molecule has 0 unspecified atom stereocenters. The van der Waals surface area contributed by atoms with Crippen LogP contribution in [0.3, 0.4) is 0 Å². The summed E-state index contributed by atoms with van der Waals surface area (Å²) in [6.45, 7) is 1.64. The zero-order chi connectivity index (χ0) is 19.1. The minimum Gasteiger partial charge on any atom is -0.493 e. The number of benzene rings is 1. The molecular weight excluding hydrogens is 348 g/mol. The van der Waals surface area contributed by atoms with Crippen molar-refractivity contribution in [1.82, 2.24) is 15.1 Å². The molecule has 1 heterocycles. The van der Waals surface area contributed by atoms with Crippen molar-refractivity contribution in [3.63, 3.8) is 0 Å². The molecule has 0 atom stereocenters. The van der Waals surface area contributed by atoms with E-state index in [1.165, 1.54) is 20.1 Å². The number of methoxy groups -OCH3 is 1. The highest BCUT2D eigenvalue weighted by Gasteiger charge is 2.20. The third-order valence-electron chi connectivity index (χ3n) is 4.12. The Kier molecular flexibility index (Phi) is 7.14. The van der Waals surface area contributed by atoms with Crippen molar-refractivity contribution in [2.45, 2.75) is 20.1 Å². The predicted molar refractivity (Wildman–Crippen MR) is 90.2 cm³/mol. The molecule has 0 aromatic heterocycles. The summed E-state index contributed by atoms with van der Waals surface area (Å²) >= 11 is 0. The first-order valence-corrected chi connectivity index (χ1v) is 8.25. The Morgan fingerprint density at radius 3 is 2.46 bits per heavy atom. The van der Waals surface area contributed by atoms with Gasteiger partial charge in [-0.05, 0) is 17.7 Å². The lowest BCUT2D eigenvalue weighted by atomic mass is 10.2. The van der Waals surface area contributed by atoms with Gasteiger partial charge in [-0.25, -0.2) is 0 Å². The smallest absolute Gasteiger partial charge is 0.387 e. The van der Waals surface area contributed by atoms with Crippen LogP contribution in [0.4, 0.5) is 8.78 Å². The van der Waals surface area contributed by atoms with Crippen molar-refractivity contribution in [2.24, 2.45) is 0 Å². The number of ether oxygens (including phenoxy) is 2.